The van der Waals surface area contributed by atoms with Crippen LogP contribution in [0.5, 0.6) is 5.75 Å². The summed E-state index contributed by atoms with van der Waals surface area (Å²) in [6.07, 6.45) is 0. The van der Waals surface area contributed by atoms with E-state index in [0.717, 1.165) is 22.5 Å². The Morgan fingerprint density at radius 1 is 0.960 bits per heavy atom. The highest BCUT2D eigenvalue weighted by molar-refractivity contribution is 7.98. The van der Waals surface area contributed by atoms with E-state index in [1.54, 1.807) is 11.8 Å². The summed E-state index contributed by atoms with van der Waals surface area (Å²) in [6, 6.07) is 14.7. The van der Waals surface area contributed by atoms with E-state index in [9.17, 15) is 0 Å². The standard InChI is InChI=1S/C20H23N3OS/c1-14-5-8-17(9-6-14)13-25-20-22-21-19(23(20)4)12-24-18-10-7-15(2)16(3)11-18/h5-11H,12-13H2,1-4H3. The maximum absolute atomic E-state index is 5.87. The molecule has 5 heteroatoms. The Labute approximate surface area is 153 Å². The summed E-state index contributed by atoms with van der Waals surface area (Å²) < 4.78 is 7.87. The first-order valence-electron chi connectivity index (χ1n) is 8.29. The van der Waals surface area contributed by atoms with Crippen LogP contribution in [0.3, 0.4) is 0 Å². The first-order chi connectivity index (χ1) is 12.0. The third-order valence-corrected chi connectivity index (χ3v) is 5.35. The molecule has 1 heterocycles. The van der Waals surface area contributed by atoms with E-state index >= 15 is 0 Å². The lowest BCUT2D eigenvalue weighted by Gasteiger charge is -2.08. The summed E-state index contributed by atoms with van der Waals surface area (Å²) in [5, 5.41) is 9.45. The van der Waals surface area contributed by atoms with E-state index in [1.165, 1.54) is 22.3 Å². The van der Waals surface area contributed by atoms with Gasteiger partial charge in [-0.3, -0.25) is 0 Å². The third-order valence-electron chi connectivity index (χ3n) is 4.26. The monoisotopic (exact) mass is 353 g/mol. The van der Waals surface area contributed by atoms with Gasteiger partial charge in [0.2, 0.25) is 0 Å². The predicted octanol–water partition coefficient (Wildman–Crippen LogP) is 4.61. The van der Waals surface area contributed by atoms with Gasteiger partial charge in [-0.05, 0) is 49.6 Å². The van der Waals surface area contributed by atoms with E-state index in [1.807, 2.05) is 17.7 Å². The fraction of sp³-hybridized carbons (Fsp3) is 0.300. The van der Waals surface area contributed by atoms with Crippen LogP contribution in [0.15, 0.2) is 47.6 Å². The lowest BCUT2D eigenvalue weighted by molar-refractivity contribution is 0.290. The molecule has 1 aromatic heterocycles. The van der Waals surface area contributed by atoms with Crippen molar-refractivity contribution in [2.24, 2.45) is 7.05 Å². The smallest absolute Gasteiger partial charge is 0.191 e. The maximum Gasteiger partial charge on any atom is 0.191 e. The molecule has 0 N–H and O–H groups in total. The van der Waals surface area contributed by atoms with Crippen LogP contribution in [0.25, 0.3) is 0 Å². The van der Waals surface area contributed by atoms with Crippen LogP contribution in [0.2, 0.25) is 0 Å². The molecule has 0 radical (unpaired) electrons. The number of rotatable bonds is 6. The molecule has 0 saturated carbocycles. The Kier molecular flexibility index (Phi) is 5.43. The van der Waals surface area contributed by atoms with Crippen molar-refractivity contribution < 1.29 is 4.74 Å². The quantitative estimate of drug-likeness (QED) is 0.607. The van der Waals surface area contributed by atoms with Gasteiger partial charge in [-0.25, -0.2) is 0 Å². The van der Waals surface area contributed by atoms with Crippen molar-refractivity contribution in [3.05, 3.63) is 70.5 Å². The molecular formula is C20H23N3OS. The Bertz CT molecular complexity index is 856. The SMILES string of the molecule is Cc1ccc(CSc2nnc(COc3ccc(C)c(C)c3)n2C)cc1. The zero-order valence-corrected chi connectivity index (χ0v) is 15.9. The fourth-order valence-corrected chi connectivity index (χ4v) is 3.27. The normalized spacial score (nSPS) is 10.9. The second-order valence-electron chi connectivity index (χ2n) is 6.27. The van der Waals surface area contributed by atoms with Gasteiger partial charge >= 0.3 is 0 Å². The van der Waals surface area contributed by atoms with Crippen molar-refractivity contribution >= 4 is 11.8 Å². The van der Waals surface area contributed by atoms with Crippen molar-refractivity contribution in [3.63, 3.8) is 0 Å². The minimum atomic E-state index is 0.414. The molecule has 4 nitrogen and oxygen atoms in total. The largest absolute Gasteiger partial charge is 0.486 e. The molecule has 25 heavy (non-hydrogen) atoms. The van der Waals surface area contributed by atoms with Gasteiger partial charge in [-0.2, -0.15) is 0 Å². The molecule has 3 rings (SSSR count). The van der Waals surface area contributed by atoms with E-state index < -0.39 is 0 Å². The van der Waals surface area contributed by atoms with Crippen molar-refractivity contribution in [3.8, 4) is 5.75 Å². The molecule has 0 unspecified atom stereocenters. The molecule has 0 aliphatic rings. The third kappa shape index (κ3) is 4.42. The number of hydrogen-bond acceptors (Lipinski definition) is 4. The Balaban J connectivity index is 1.60. The van der Waals surface area contributed by atoms with Crippen LogP contribution in [-0.2, 0) is 19.4 Å². The topological polar surface area (TPSA) is 39.9 Å². The summed E-state index contributed by atoms with van der Waals surface area (Å²) in [5.41, 5.74) is 5.05. The number of nitrogens with zero attached hydrogens (tertiary/aromatic N) is 3. The van der Waals surface area contributed by atoms with Gasteiger partial charge in [-0.15, -0.1) is 10.2 Å². The van der Waals surface area contributed by atoms with Crippen LogP contribution < -0.4 is 4.74 Å². The highest BCUT2D eigenvalue weighted by Gasteiger charge is 2.10. The minimum Gasteiger partial charge on any atom is -0.486 e. The van der Waals surface area contributed by atoms with Gasteiger partial charge in [0, 0.05) is 12.8 Å². The van der Waals surface area contributed by atoms with Crippen molar-refractivity contribution in [1.82, 2.24) is 14.8 Å². The molecule has 0 spiro atoms. The summed E-state index contributed by atoms with van der Waals surface area (Å²) in [7, 11) is 1.98. The molecule has 3 aromatic rings. The first kappa shape index (κ1) is 17.5. The highest BCUT2D eigenvalue weighted by Crippen LogP contribution is 2.22. The minimum absolute atomic E-state index is 0.414. The summed E-state index contributed by atoms with van der Waals surface area (Å²) in [5.74, 6) is 2.56. The first-order valence-corrected chi connectivity index (χ1v) is 9.28. The van der Waals surface area contributed by atoms with Gasteiger partial charge in [0.05, 0.1) is 0 Å². The molecule has 0 aliphatic carbocycles. The van der Waals surface area contributed by atoms with E-state index in [2.05, 4.69) is 67.4 Å². The second-order valence-corrected chi connectivity index (χ2v) is 7.21. The zero-order valence-electron chi connectivity index (χ0n) is 15.1. The van der Waals surface area contributed by atoms with Crippen molar-refractivity contribution in [1.29, 1.82) is 0 Å². The molecule has 0 atom stereocenters. The van der Waals surface area contributed by atoms with Gasteiger partial charge in [0.25, 0.3) is 0 Å². The second kappa shape index (κ2) is 7.74. The maximum atomic E-state index is 5.87. The fourth-order valence-electron chi connectivity index (χ4n) is 2.38. The number of benzene rings is 2. The molecule has 130 valence electrons. The number of aromatic nitrogens is 3. The van der Waals surface area contributed by atoms with Gasteiger partial charge in [0.15, 0.2) is 11.0 Å². The number of thioether (sulfide) groups is 1. The molecule has 0 amide bonds. The van der Waals surface area contributed by atoms with Gasteiger partial charge in [0.1, 0.15) is 12.4 Å². The highest BCUT2D eigenvalue weighted by atomic mass is 32.2. The molecule has 0 aliphatic heterocycles. The lowest BCUT2D eigenvalue weighted by atomic mass is 10.1. The summed E-state index contributed by atoms with van der Waals surface area (Å²) >= 11 is 1.69. The van der Waals surface area contributed by atoms with Crippen LogP contribution in [0, 0.1) is 20.8 Å². The zero-order chi connectivity index (χ0) is 17.8. The van der Waals surface area contributed by atoms with Crippen LogP contribution in [0.1, 0.15) is 28.1 Å². The lowest BCUT2D eigenvalue weighted by Crippen LogP contribution is -2.04. The summed E-state index contributed by atoms with van der Waals surface area (Å²) in [6.45, 7) is 6.70. The van der Waals surface area contributed by atoms with Gasteiger partial charge in [-0.1, -0.05) is 47.7 Å². The van der Waals surface area contributed by atoms with Crippen molar-refractivity contribution in [2.45, 2.75) is 38.3 Å². The molecule has 0 fully saturated rings. The molecule has 0 bridgehead atoms. The van der Waals surface area contributed by atoms with E-state index in [-0.39, 0.29) is 0 Å². The number of ether oxygens (including phenoxy) is 1. The number of hydrogen-bond donors (Lipinski definition) is 0. The molecule has 2 aromatic carbocycles. The average molecular weight is 353 g/mol. The van der Waals surface area contributed by atoms with E-state index in [0.29, 0.717) is 6.61 Å². The Hall–Kier alpha value is -2.27. The van der Waals surface area contributed by atoms with Gasteiger partial charge < -0.3 is 9.30 Å². The van der Waals surface area contributed by atoms with Crippen molar-refractivity contribution in [2.75, 3.05) is 0 Å². The average Bonchev–Trinajstić information content (AvgIpc) is 2.95. The predicted molar refractivity (Wildman–Crippen MR) is 102 cm³/mol. The van der Waals surface area contributed by atoms with Crippen LogP contribution in [0.4, 0.5) is 0 Å². The van der Waals surface area contributed by atoms with Crippen LogP contribution >= 0.6 is 11.8 Å². The number of aryl methyl sites for hydroxylation is 3. The Morgan fingerprint density at radius 3 is 2.44 bits per heavy atom. The molecular weight excluding hydrogens is 330 g/mol. The Morgan fingerprint density at radius 2 is 1.72 bits per heavy atom. The summed E-state index contributed by atoms with van der Waals surface area (Å²) in [4.78, 5) is 0. The van der Waals surface area contributed by atoms with Crippen LogP contribution in [-0.4, -0.2) is 14.8 Å². The molecule has 0 saturated heterocycles. The van der Waals surface area contributed by atoms with E-state index in [4.69, 9.17) is 4.74 Å².